The van der Waals surface area contributed by atoms with Gasteiger partial charge in [-0.1, -0.05) is 42.5 Å². The lowest BCUT2D eigenvalue weighted by molar-refractivity contribution is 0.423. The lowest BCUT2D eigenvalue weighted by Gasteiger charge is -2.25. The van der Waals surface area contributed by atoms with Crippen LogP contribution in [-0.2, 0) is 5.54 Å². The molecule has 0 aliphatic heterocycles. The Morgan fingerprint density at radius 3 is 2.26 bits per heavy atom. The summed E-state index contributed by atoms with van der Waals surface area (Å²) in [6, 6.07) is 21.3. The molecule has 4 rings (SSSR count). The molecule has 2 heterocycles. The molecule has 0 bridgehead atoms. The lowest BCUT2D eigenvalue weighted by atomic mass is 10.0. The van der Waals surface area contributed by atoms with Crippen molar-refractivity contribution in [2.24, 2.45) is 0 Å². The van der Waals surface area contributed by atoms with Gasteiger partial charge in [0.1, 0.15) is 0 Å². The highest BCUT2D eigenvalue weighted by atomic mass is 15.1. The van der Waals surface area contributed by atoms with Gasteiger partial charge in [0.25, 0.3) is 0 Å². The molecule has 0 unspecified atom stereocenters. The Morgan fingerprint density at radius 1 is 0.783 bits per heavy atom. The Balaban J connectivity index is 2.23. The monoisotopic (exact) mass is 300 g/mol. The molecule has 0 aliphatic rings. The van der Waals surface area contributed by atoms with E-state index >= 15 is 0 Å². The summed E-state index contributed by atoms with van der Waals surface area (Å²) in [4.78, 5) is 4.58. The summed E-state index contributed by atoms with van der Waals surface area (Å²) >= 11 is 0. The molecule has 0 fully saturated rings. The SMILES string of the molecule is CC(C)(C)n1c2ccccc2c2cccc(-c3ccccn3)c21. The van der Waals surface area contributed by atoms with Gasteiger partial charge in [-0.05, 0) is 39.0 Å². The van der Waals surface area contributed by atoms with Crippen LogP contribution in [0.3, 0.4) is 0 Å². The van der Waals surface area contributed by atoms with Crippen molar-refractivity contribution in [1.82, 2.24) is 9.55 Å². The topological polar surface area (TPSA) is 17.8 Å². The van der Waals surface area contributed by atoms with Crippen molar-refractivity contribution < 1.29 is 0 Å². The molecule has 0 amide bonds. The van der Waals surface area contributed by atoms with E-state index in [-0.39, 0.29) is 5.54 Å². The molecule has 23 heavy (non-hydrogen) atoms. The predicted octanol–water partition coefficient (Wildman–Crippen LogP) is 5.61. The van der Waals surface area contributed by atoms with E-state index in [1.54, 1.807) is 0 Å². The van der Waals surface area contributed by atoms with Crippen molar-refractivity contribution >= 4 is 21.8 Å². The third-order valence-corrected chi connectivity index (χ3v) is 4.31. The van der Waals surface area contributed by atoms with Gasteiger partial charge in [0.15, 0.2) is 0 Å². The van der Waals surface area contributed by atoms with Crippen molar-refractivity contribution in [1.29, 1.82) is 0 Å². The molecule has 0 saturated heterocycles. The molecule has 0 saturated carbocycles. The van der Waals surface area contributed by atoms with Gasteiger partial charge in [0, 0.05) is 33.6 Å². The summed E-state index contributed by atoms with van der Waals surface area (Å²) in [6.07, 6.45) is 1.86. The van der Waals surface area contributed by atoms with Gasteiger partial charge in [-0.3, -0.25) is 4.98 Å². The molecule has 0 spiro atoms. The smallest absolute Gasteiger partial charge is 0.0723 e. The number of rotatable bonds is 1. The van der Waals surface area contributed by atoms with Gasteiger partial charge in [-0.15, -0.1) is 0 Å². The molecule has 2 aromatic carbocycles. The Morgan fingerprint density at radius 2 is 1.52 bits per heavy atom. The van der Waals surface area contributed by atoms with E-state index in [0.29, 0.717) is 0 Å². The first-order valence-electron chi connectivity index (χ1n) is 8.01. The van der Waals surface area contributed by atoms with Crippen LogP contribution in [0.5, 0.6) is 0 Å². The predicted molar refractivity (Wildman–Crippen MR) is 97.7 cm³/mol. The number of para-hydroxylation sites is 2. The van der Waals surface area contributed by atoms with Crippen molar-refractivity contribution in [3.8, 4) is 11.3 Å². The molecule has 0 atom stereocenters. The second-order valence-electron chi connectivity index (χ2n) is 6.94. The minimum Gasteiger partial charge on any atom is -0.335 e. The Kier molecular flexibility index (Phi) is 3.02. The maximum absolute atomic E-state index is 4.58. The highest BCUT2D eigenvalue weighted by molar-refractivity contribution is 6.12. The number of benzene rings is 2. The van der Waals surface area contributed by atoms with Gasteiger partial charge >= 0.3 is 0 Å². The largest absolute Gasteiger partial charge is 0.335 e. The van der Waals surface area contributed by atoms with Crippen molar-refractivity contribution in [3.63, 3.8) is 0 Å². The Labute approximate surface area is 136 Å². The average molecular weight is 300 g/mol. The zero-order chi connectivity index (χ0) is 16.0. The zero-order valence-electron chi connectivity index (χ0n) is 13.7. The molecule has 4 aromatic rings. The van der Waals surface area contributed by atoms with Crippen LogP contribution < -0.4 is 0 Å². The minimum absolute atomic E-state index is 0.00770. The summed E-state index contributed by atoms with van der Waals surface area (Å²) < 4.78 is 2.45. The second kappa shape index (κ2) is 4.95. The van der Waals surface area contributed by atoms with E-state index in [9.17, 15) is 0 Å². The number of pyridine rings is 1. The normalized spacial score (nSPS) is 12.1. The molecular weight excluding hydrogens is 280 g/mol. The van der Waals surface area contributed by atoms with E-state index < -0.39 is 0 Å². The third-order valence-electron chi connectivity index (χ3n) is 4.31. The molecule has 0 aliphatic carbocycles. The Hall–Kier alpha value is -2.61. The van der Waals surface area contributed by atoms with Crippen molar-refractivity contribution in [2.75, 3.05) is 0 Å². The fraction of sp³-hybridized carbons (Fsp3) is 0.190. The molecule has 2 heteroatoms. The number of fused-ring (bicyclic) bond motifs is 3. The maximum Gasteiger partial charge on any atom is 0.0723 e. The van der Waals surface area contributed by atoms with Gasteiger partial charge in [0.05, 0.1) is 11.2 Å². The van der Waals surface area contributed by atoms with Gasteiger partial charge in [-0.2, -0.15) is 0 Å². The van der Waals surface area contributed by atoms with Gasteiger partial charge in [0.2, 0.25) is 0 Å². The average Bonchev–Trinajstić information content (AvgIpc) is 2.90. The number of hydrogen-bond acceptors (Lipinski definition) is 1. The maximum atomic E-state index is 4.58. The fourth-order valence-corrected chi connectivity index (χ4v) is 3.44. The zero-order valence-corrected chi connectivity index (χ0v) is 13.7. The van der Waals surface area contributed by atoms with E-state index in [0.717, 1.165) is 5.69 Å². The van der Waals surface area contributed by atoms with Crippen LogP contribution in [0.4, 0.5) is 0 Å². The van der Waals surface area contributed by atoms with Crippen LogP contribution in [-0.4, -0.2) is 9.55 Å². The lowest BCUT2D eigenvalue weighted by Crippen LogP contribution is -2.21. The molecule has 0 radical (unpaired) electrons. The van der Waals surface area contributed by atoms with Crippen LogP contribution >= 0.6 is 0 Å². The summed E-state index contributed by atoms with van der Waals surface area (Å²) in [7, 11) is 0. The highest BCUT2D eigenvalue weighted by Gasteiger charge is 2.22. The first kappa shape index (κ1) is 14.0. The molecule has 0 N–H and O–H groups in total. The van der Waals surface area contributed by atoms with Crippen LogP contribution in [0.1, 0.15) is 20.8 Å². The molecular formula is C21H20N2. The summed E-state index contributed by atoms with van der Waals surface area (Å²) in [6.45, 7) is 6.77. The van der Waals surface area contributed by atoms with E-state index in [4.69, 9.17) is 0 Å². The summed E-state index contributed by atoms with van der Waals surface area (Å²) in [5, 5.41) is 2.59. The quantitative estimate of drug-likeness (QED) is 0.446. The molecule has 2 aromatic heterocycles. The molecule has 2 nitrogen and oxygen atoms in total. The first-order valence-corrected chi connectivity index (χ1v) is 8.01. The number of aromatic nitrogens is 2. The number of nitrogens with zero attached hydrogens (tertiary/aromatic N) is 2. The van der Waals surface area contributed by atoms with Crippen molar-refractivity contribution in [2.45, 2.75) is 26.3 Å². The van der Waals surface area contributed by atoms with Crippen LogP contribution in [0.15, 0.2) is 66.9 Å². The van der Waals surface area contributed by atoms with Crippen molar-refractivity contribution in [3.05, 3.63) is 66.9 Å². The summed E-state index contributed by atoms with van der Waals surface area (Å²) in [5.41, 5.74) is 4.74. The number of hydrogen-bond donors (Lipinski definition) is 0. The fourth-order valence-electron chi connectivity index (χ4n) is 3.44. The van der Waals surface area contributed by atoms with E-state index in [1.165, 1.54) is 27.4 Å². The van der Waals surface area contributed by atoms with Gasteiger partial charge < -0.3 is 4.57 Å². The van der Waals surface area contributed by atoms with Crippen LogP contribution in [0.25, 0.3) is 33.1 Å². The van der Waals surface area contributed by atoms with E-state index in [1.807, 2.05) is 18.3 Å². The van der Waals surface area contributed by atoms with Crippen LogP contribution in [0, 0.1) is 0 Å². The van der Waals surface area contributed by atoms with E-state index in [2.05, 4.69) is 78.9 Å². The highest BCUT2D eigenvalue weighted by Crippen LogP contribution is 2.38. The first-order chi connectivity index (χ1) is 11.1. The Bertz CT molecular complexity index is 989. The standard InChI is InChI=1S/C21H20N2/c1-21(2,3)23-19-13-5-4-9-15(19)16-10-8-11-17(20(16)23)18-12-6-7-14-22-18/h4-14H,1-3H3. The second-order valence-corrected chi connectivity index (χ2v) is 6.94. The molecule has 114 valence electrons. The third kappa shape index (κ3) is 2.14. The van der Waals surface area contributed by atoms with Crippen LogP contribution in [0.2, 0.25) is 0 Å². The minimum atomic E-state index is -0.00770. The van der Waals surface area contributed by atoms with Gasteiger partial charge in [-0.25, -0.2) is 0 Å². The summed E-state index contributed by atoms with van der Waals surface area (Å²) in [5.74, 6) is 0.